The predicted octanol–water partition coefficient (Wildman–Crippen LogP) is 4.24. The molecule has 146 valence electrons. The van der Waals surface area contributed by atoms with Crippen LogP contribution in [0.5, 0.6) is 5.75 Å². The molecule has 5 nitrogen and oxygen atoms in total. The van der Waals surface area contributed by atoms with E-state index in [1.165, 1.54) is 0 Å². The van der Waals surface area contributed by atoms with Crippen LogP contribution in [0.25, 0.3) is 11.0 Å². The highest BCUT2D eigenvalue weighted by atomic mass is 16.6. The number of para-hydroxylation sites is 1. The molecule has 3 aromatic rings. The van der Waals surface area contributed by atoms with Crippen molar-refractivity contribution in [3.63, 3.8) is 0 Å². The molecule has 0 fully saturated rings. The first kappa shape index (κ1) is 17.0. The number of allylic oxidation sites excluding steroid dienone is 2. The Bertz CT molecular complexity index is 1340. The molecule has 2 aliphatic heterocycles. The highest BCUT2D eigenvalue weighted by Gasteiger charge is 2.46. The summed E-state index contributed by atoms with van der Waals surface area (Å²) in [6, 6.07) is 16.7. The van der Waals surface area contributed by atoms with Gasteiger partial charge in [0.05, 0.1) is 28.4 Å². The topological polar surface area (TPSA) is 65.7 Å². The van der Waals surface area contributed by atoms with E-state index in [1.807, 2.05) is 72.8 Å². The van der Waals surface area contributed by atoms with Crippen molar-refractivity contribution in [2.24, 2.45) is 5.92 Å². The number of hydrogen-bond acceptors (Lipinski definition) is 5. The van der Waals surface area contributed by atoms with Gasteiger partial charge in [-0.05, 0) is 23.8 Å². The Morgan fingerprint density at radius 2 is 1.60 bits per heavy atom. The SMILES string of the molecule is O=C1OC2C=CC=CC2C2=C1C(c1ccccc1)c1c(c3ccccc3oc1=O)O2. The zero-order valence-corrected chi connectivity index (χ0v) is 15.8. The Labute approximate surface area is 171 Å². The molecule has 0 bridgehead atoms. The Morgan fingerprint density at radius 3 is 2.47 bits per heavy atom. The molecule has 3 atom stereocenters. The van der Waals surface area contributed by atoms with Crippen LogP contribution < -0.4 is 10.4 Å². The van der Waals surface area contributed by atoms with E-state index in [-0.39, 0.29) is 5.92 Å². The molecule has 0 saturated heterocycles. The molecule has 5 heteroatoms. The van der Waals surface area contributed by atoms with E-state index >= 15 is 0 Å². The number of benzene rings is 2. The van der Waals surface area contributed by atoms with Gasteiger partial charge in [-0.25, -0.2) is 9.59 Å². The lowest BCUT2D eigenvalue weighted by Crippen LogP contribution is -2.40. The van der Waals surface area contributed by atoms with Crippen LogP contribution in [-0.4, -0.2) is 12.1 Å². The molecule has 0 saturated carbocycles. The van der Waals surface area contributed by atoms with E-state index in [0.29, 0.717) is 33.6 Å². The van der Waals surface area contributed by atoms with Crippen molar-refractivity contribution in [3.8, 4) is 5.75 Å². The summed E-state index contributed by atoms with van der Waals surface area (Å²) in [7, 11) is 0. The average Bonchev–Trinajstić information content (AvgIpc) is 2.78. The van der Waals surface area contributed by atoms with Gasteiger partial charge in [0.15, 0.2) is 0 Å². The maximum atomic E-state index is 13.1. The Morgan fingerprint density at radius 1 is 0.833 bits per heavy atom. The van der Waals surface area contributed by atoms with Crippen molar-refractivity contribution >= 4 is 16.9 Å². The minimum atomic E-state index is -0.626. The van der Waals surface area contributed by atoms with E-state index in [4.69, 9.17) is 13.9 Å². The van der Waals surface area contributed by atoms with Crippen molar-refractivity contribution in [3.05, 3.63) is 112 Å². The van der Waals surface area contributed by atoms with Crippen LogP contribution >= 0.6 is 0 Å². The van der Waals surface area contributed by atoms with Crippen LogP contribution in [0.4, 0.5) is 0 Å². The lowest BCUT2D eigenvalue weighted by molar-refractivity contribution is -0.146. The van der Waals surface area contributed by atoms with E-state index in [0.717, 1.165) is 5.56 Å². The summed E-state index contributed by atoms with van der Waals surface area (Å²) in [5, 5.41) is 0.699. The third-order valence-corrected chi connectivity index (χ3v) is 5.84. The molecule has 0 N–H and O–H groups in total. The highest BCUT2D eigenvalue weighted by Crippen LogP contribution is 2.49. The lowest BCUT2D eigenvalue weighted by atomic mass is 9.78. The molecule has 30 heavy (non-hydrogen) atoms. The average molecular weight is 396 g/mol. The molecule has 3 unspecified atom stereocenters. The van der Waals surface area contributed by atoms with Crippen LogP contribution in [0.1, 0.15) is 17.0 Å². The van der Waals surface area contributed by atoms with Crippen LogP contribution in [0.3, 0.4) is 0 Å². The molecule has 3 heterocycles. The van der Waals surface area contributed by atoms with E-state index < -0.39 is 23.6 Å². The molecular weight excluding hydrogens is 380 g/mol. The third-order valence-electron chi connectivity index (χ3n) is 5.84. The van der Waals surface area contributed by atoms with Crippen molar-refractivity contribution < 1.29 is 18.7 Å². The second-order valence-electron chi connectivity index (χ2n) is 7.52. The summed E-state index contributed by atoms with van der Waals surface area (Å²) in [5.41, 5.74) is 1.42. The van der Waals surface area contributed by atoms with Gasteiger partial charge in [0, 0.05) is 0 Å². The molecule has 2 aromatic carbocycles. The molecule has 0 spiro atoms. The highest BCUT2D eigenvalue weighted by molar-refractivity contribution is 5.96. The molecule has 3 aliphatic rings. The normalized spacial score (nSPS) is 24.0. The summed E-state index contributed by atoms with van der Waals surface area (Å²) >= 11 is 0. The van der Waals surface area contributed by atoms with Crippen LogP contribution in [-0.2, 0) is 9.53 Å². The fraction of sp³-hybridized carbons (Fsp3) is 0.120. The van der Waals surface area contributed by atoms with Gasteiger partial charge in [-0.15, -0.1) is 0 Å². The van der Waals surface area contributed by atoms with Gasteiger partial charge < -0.3 is 13.9 Å². The standard InChI is InChI=1S/C25H16O5/c26-24-20-19(14-8-2-1-3-9-14)21-23(16-11-5-7-13-18(16)29-25(21)27)30-22(20)15-10-4-6-12-17(15)28-24/h1-13,15,17,19H. The van der Waals surface area contributed by atoms with Gasteiger partial charge >= 0.3 is 11.6 Å². The van der Waals surface area contributed by atoms with Gasteiger partial charge in [0.25, 0.3) is 0 Å². The van der Waals surface area contributed by atoms with E-state index in [9.17, 15) is 9.59 Å². The molecule has 1 aromatic heterocycles. The predicted molar refractivity (Wildman–Crippen MR) is 110 cm³/mol. The third kappa shape index (κ3) is 2.35. The summed E-state index contributed by atoms with van der Waals surface area (Å²) in [6.07, 6.45) is 7.16. The van der Waals surface area contributed by atoms with Gasteiger partial charge in [0.2, 0.25) is 0 Å². The van der Waals surface area contributed by atoms with Gasteiger partial charge in [-0.3, -0.25) is 0 Å². The Kier molecular flexibility index (Phi) is 3.59. The quantitative estimate of drug-likeness (QED) is 0.455. The molecular formula is C25H16O5. The summed E-state index contributed by atoms with van der Waals surface area (Å²) in [5.74, 6) is -0.357. The summed E-state index contributed by atoms with van der Waals surface area (Å²) in [6.45, 7) is 0. The van der Waals surface area contributed by atoms with Gasteiger partial charge in [-0.2, -0.15) is 0 Å². The van der Waals surface area contributed by atoms with Gasteiger partial charge in [-0.1, -0.05) is 60.7 Å². The fourth-order valence-electron chi connectivity index (χ4n) is 4.51. The number of hydrogen-bond donors (Lipinski definition) is 0. The van der Waals surface area contributed by atoms with Crippen LogP contribution in [0, 0.1) is 5.92 Å². The van der Waals surface area contributed by atoms with Crippen molar-refractivity contribution in [1.29, 1.82) is 0 Å². The fourth-order valence-corrected chi connectivity index (χ4v) is 4.51. The molecule has 0 radical (unpaired) electrons. The smallest absolute Gasteiger partial charge is 0.344 e. The minimum Gasteiger partial charge on any atom is -0.459 e. The zero-order chi connectivity index (χ0) is 20.2. The van der Waals surface area contributed by atoms with Crippen molar-refractivity contribution in [2.45, 2.75) is 12.0 Å². The van der Waals surface area contributed by atoms with Crippen LogP contribution in [0.2, 0.25) is 0 Å². The lowest BCUT2D eigenvalue weighted by Gasteiger charge is -2.38. The molecule has 6 rings (SSSR count). The van der Waals surface area contributed by atoms with Gasteiger partial charge in [0.1, 0.15) is 23.2 Å². The number of rotatable bonds is 1. The monoisotopic (exact) mass is 396 g/mol. The van der Waals surface area contributed by atoms with Crippen molar-refractivity contribution in [2.75, 3.05) is 0 Å². The number of ether oxygens (including phenoxy) is 2. The van der Waals surface area contributed by atoms with Crippen molar-refractivity contribution in [1.82, 2.24) is 0 Å². The minimum absolute atomic E-state index is 0.243. The maximum Gasteiger partial charge on any atom is 0.344 e. The Balaban J connectivity index is 1.69. The summed E-state index contributed by atoms with van der Waals surface area (Å²) < 4.78 is 17.7. The first-order chi connectivity index (χ1) is 14.7. The largest absolute Gasteiger partial charge is 0.459 e. The maximum absolute atomic E-state index is 13.1. The number of carbonyl (C=O) groups is 1. The first-order valence-electron chi connectivity index (χ1n) is 9.81. The molecule has 1 aliphatic carbocycles. The zero-order valence-electron chi connectivity index (χ0n) is 15.8. The number of carbonyl (C=O) groups excluding carboxylic acids is 1. The van der Waals surface area contributed by atoms with E-state index in [1.54, 1.807) is 6.07 Å². The second kappa shape index (κ2) is 6.32. The number of esters is 1. The van der Waals surface area contributed by atoms with E-state index in [2.05, 4.69) is 0 Å². The first-order valence-corrected chi connectivity index (χ1v) is 9.81. The number of fused-ring (bicyclic) bond motifs is 5. The molecule has 0 amide bonds. The van der Waals surface area contributed by atoms with Crippen LogP contribution in [0.15, 0.2) is 99.4 Å². The summed E-state index contributed by atoms with van der Waals surface area (Å²) in [4.78, 5) is 26.2. The second-order valence-corrected chi connectivity index (χ2v) is 7.52. The Hall–Kier alpha value is -3.86.